The Hall–Kier alpha value is -3.99. The number of nitrogen functional groups attached to an aromatic ring is 1. The summed E-state index contributed by atoms with van der Waals surface area (Å²) < 4.78 is 10.7. The molecule has 136 valence electrons. The summed E-state index contributed by atoms with van der Waals surface area (Å²) in [4.78, 5) is 8.32. The van der Waals surface area contributed by atoms with Gasteiger partial charge < -0.3 is 20.2 Å². The molecule has 4 N–H and O–H groups in total. The summed E-state index contributed by atoms with van der Waals surface area (Å²) in [5.41, 5.74) is 8.82. The average Bonchev–Trinajstić information content (AvgIpc) is 3.22. The van der Waals surface area contributed by atoms with Crippen LogP contribution in [-0.2, 0) is 6.54 Å². The van der Waals surface area contributed by atoms with Gasteiger partial charge in [-0.2, -0.15) is 5.26 Å². The van der Waals surface area contributed by atoms with E-state index in [1.165, 1.54) is 6.39 Å². The first-order valence-electron chi connectivity index (χ1n) is 8.07. The molecular weight excluding hydrogens is 344 g/mol. The van der Waals surface area contributed by atoms with E-state index in [2.05, 4.69) is 20.6 Å². The molecule has 0 unspecified atom stereocenters. The average molecular weight is 362 g/mol. The largest absolute Gasteiger partial charge is 0.496 e. The van der Waals surface area contributed by atoms with Crippen LogP contribution in [0.15, 0.2) is 64.5 Å². The number of benzene rings is 2. The standard InChI is InChI=1S/C19H18N6O2/c1-26-17-8-15(6-7-16(17)18-10-22-12-27-18)25-19(24-11-20)23-9-13-2-4-14(21)5-3-13/h2-8,10,12H,9,21H2,1H3,(H2,23,24,25). The van der Waals surface area contributed by atoms with Crippen LogP contribution in [-0.4, -0.2) is 18.1 Å². The van der Waals surface area contributed by atoms with Crippen molar-refractivity contribution in [2.24, 2.45) is 4.99 Å². The molecule has 1 aromatic heterocycles. The van der Waals surface area contributed by atoms with Gasteiger partial charge in [-0.3, -0.25) is 5.32 Å². The van der Waals surface area contributed by atoms with Gasteiger partial charge in [-0.15, -0.1) is 0 Å². The van der Waals surface area contributed by atoms with Gasteiger partial charge in [-0.25, -0.2) is 9.98 Å². The Labute approximate surface area is 156 Å². The van der Waals surface area contributed by atoms with Crippen molar-refractivity contribution in [2.75, 3.05) is 18.2 Å². The van der Waals surface area contributed by atoms with Crippen molar-refractivity contribution in [3.63, 3.8) is 0 Å². The minimum Gasteiger partial charge on any atom is -0.496 e. The monoisotopic (exact) mass is 362 g/mol. The maximum Gasteiger partial charge on any atom is 0.209 e. The molecule has 0 aliphatic rings. The highest BCUT2D eigenvalue weighted by Crippen LogP contribution is 2.32. The molecule has 27 heavy (non-hydrogen) atoms. The second kappa shape index (κ2) is 8.40. The number of anilines is 2. The molecule has 0 spiro atoms. The van der Waals surface area contributed by atoms with Crippen LogP contribution < -0.4 is 21.1 Å². The van der Waals surface area contributed by atoms with E-state index < -0.39 is 0 Å². The number of aromatic nitrogens is 1. The van der Waals surface area contributed by atoms with E-state index in [-0.39, 0.29) is 0 Å². The number of guanidine groups is 1. The van der Waals surface area contributed by atoms with Gasteiger partial charge in [-0.05, 0) is 29.8 Å². The number of hydrogen-bond donors (Lipinski definition) is 3. The summed E-state index contributed by atoms with van der Waals surface area (Å²) in [6.07, 6.45) is 4.85. The number of nitrogens with two attached hydrogens (primary N) is 1. The molecule has 8 heteroatoms. The lowest BCUT2D eigenvalue weighted by Gasteiger charge is -2.12. The molecule has 0 fully saturated rings. The molecule has 0 atom stereocenters. The number of methoxy groups -OCH3 is 1. The lowest BCUT2D eigenvalue weighted by atomic mass is 10.1. The van der Waals surface area contributed by atoms with Crippen LogP contribution in [0.5, 0.6) is 5.75 Å². The minimum atomic E-state index is 0.323. The van der Waals surface area contributed by atoms with Crippen molar-refractivity contribution >= 4 is 17.3 Å². The van der Waals surface area contributed by atoms with E-state index in [9.17, 15) is 0 Å². The van der Waals surface area contributed by atoms with Crippen LogP contribution in [0.4, 0.5) is 11.4 Å². The number of hydrogen-bond acceptors (Lipinski definition) is 6. The van der Waals surface area contributed by atoms with Gasteiger partial charge in [0.2, 0.25) is 5.96 Å². The maximum atomic E-state index is 8.98. The van der Waals surface area contributed by atoms with Crippen molar-refractivity contribution in [2.45, 2.75) is 6.54 Å². The highest BCUT2D eigenvalue weighted by atomic mass is 16.5. The van der Waals surface area contributed by atoms with Gasteiger partial charge in [0.15, 0.2) is 18.3 Å². The van der Waals surface area contributed by atoms with E-state index in [0.717, 1.165) is 11.1 Å². The van der Waals surface area contributed by atoms with Crippen LogP contribution in [0.3, 0.4) is 0 Å². The fraction of sp³-hybridized carbons (Fsp3) is 0.105. The van der Waals surface area contributed by atoms with Gasteiger partial charge >= 0.3 is 0 Å². The van der Waals surface area contributed by atoms with E-state index in [0.29, 0.717) is 35.4 Å². The lowest BCUT2D eigenvalue weighted by Crippen LogP contribution is -2.26. The smallest absolute Gasteiger partial charge is 0.209 e. The van der Waals surface area contributed by atoms with E-state index in [4.69, 9.17) is 20.1 Å². The molecule has 2 aromatic carbocycles. The number of nitrogens with one attached hydrogen (secondary N) is 2. The zero-order valence-corrected chi connectivity index (χ0v) is 14.6. The van der Waals surface area contributed by atoms with Crippen LogP contribution >= 0.6 is 0 Å². The fourth-order valence-corrected chi connectivity index (χ4v) is 2.41. The third-order valence-electron chi connectivity index (χ3n) is 3.74. The van der Waals surface area contributed by atoms with Crippen LogP contribution in [0, 0.1) is 11.5 Å². The summed E-state index contributed by atoms with van der Waals surface area (Å²) in [6.45, 7) is 0.393. The summed E-state index contributed by atoms with van der Waals surface area (Å²) in [5.74, 6) is 1.53. The van der Waals surface area contributed by atoms with Gasteiger partial charge in [0, 0.05) is 17.4 Å². The first-order chi connectivity index (χ1) is 13.2. The minimum absolute atomic E-state index is 0.323. The second-order valence-corrected chi connectivity index (χ2v) is 5.55. The van der Waals surface area contributed by atoms with Crippen molar-refractivity contribution < 1.29 is 9.15 Å². The summed E-state index contributed by atoms with van der Waals surface area (Å²) >= 11 is 0. The molecule has 0 aliphatic heterocycles. The number of aliphatic imine (C=N–C) groups is 1. The molecule has 0 saturated heterocycles. The molecule has 0 amide bonds. The van der Waals surface area contributed by atoms with E-state index in [1.54, 1.807) is 19.4 Å². The predicted molar refractivity (Wildman–Crippen MR) is 103 cm³/mol. The first-order valence-corrected chi connectivity index (χ1v) is 8.07. The third-order valence-corrected chi connectivity index (χ3v) is 3.74. The topological polar surface area (TPSA) is 121 Å². The molecule has 3 rings (SSSR count). The van der Waals surface area contributed by atoms with E-state index >= 15 is 0 Å². The predicted octanol–water partition coefficient (Wildman–Crippen LogP) is 2.97. The molecule has 3 aromatic rings. The molecule has 8 nitrogen and oxygen atoms in total. The SMILES string of the molecule is COc1cc(NC(=NCc2ccc(N)cc2)NC#N)ccc1-c1cnco1. The van der Waals surface area contributed by atoms with Gasteiger partial charge in [0.1, 0.15) is 5.75 Å². The fourth-order valence-electron chi connectivity index (χ4n) is 2.41. The van der Waals surface area contributed by atoms with Crippen molar-refractivity contribution in [1.29, 1.82) is 5.26 Å². The van der Waals surface area contributed by atoms with Crippen LogP contribution in [0.1, 0.15) is 5.56 Å². The zero-order valence-electron chi connectivity index (χ0n) is 14.6. The Balaban J connectivity index is 1.78. The van der Waals surface area contributed by atoms with E-state index in [1.807, 2.05) is 42.6 Å². The summed E-state index contributed by atoms with van der Waals surface area (Å²) in [7, 11) is 1.57. The normalized spacial score (nSPS) is 10.9. The molecule has 0 aliphatic carbocycles. The highest BCUT2D eigenvalue weighted by Gasteiger charge is 2.11. The summed E-state index contributed by atoms with van der Waals surface area (Å²) in [5, 5.41) is 14.6. The Morgan fingerprint density at radius 1 is 1.30 bits per heavy atom. The van der Waals surface area contributed by atoms with Crippen molar-refractivity contribution in [1.82, 2.24) is 10.3 Å². The molecule has 1 heterocycles. The van der Waals surface area contributed by atoms with Gasteiger partial charge in [-0.1, -0.05) is 12.1 Å². The summed E-state index contributed by atoms with van der Waals surface area (Å²) in [6, 6.07) is 12.8. The second-order valence-electron chi connectivity index (χ2n) is 5.55. The Bertz CT molecular complexity index is 959. The molecule has 0 saturated carbocycles. The van der Waals surface area contributed by atoms with Crippen molar-refractivity contribution in [3.05, 3.63) is 60.6 Å². The Kier molecular flexibility index (Phi) is 5.54. The van der Waals surface area contributed by atoms with Gasteiger partial charge in [0.05, 0.1) is 25.4 Å². The number of ether oxygens (including phenoxy) is 1. The molecule has 0 bridgehead atoms. The first kappa shape index (κ1) is 17.8. The Morgan fingerprint density at radius 2 is 2.11 bits per heavy atom. The quantitative estimate of drug-likeness (QED) is 0.210. The van der Waals surface area contributed by atoms with Gasteiger partial charge in [0.25, 0.3) is 0 Å². The third kappa shape index (κ3) is 4.55. The lowest BCUT2D eigenvalue weighted by molar-refractivity contribution is 0.415. The molecular formula is C19H18N6O2. The number of nitrogens with zero attached hydrogens (tertiary/aromatic N) is 3. The highest BCUT2D eigenvalue weighted by molar-refractivity contribution is 5.95. The Morgan fingerprint density at radius 3 is 2.78 bits per heavy atom. The van der Waals surface area contributed by atoms with Crippen LogP contribution in [0.2, 0.25) is 0 Å². The van der Waals surface area contributed by atoms with Crippen molar-refractivity contribution in [3.8, 4) is 23.3 Å². The van der Waals surface area contributed by atoms with Crippen LogP contribution in [0.25, 0.3) is 11.3 Å². The number of oxazole rings is 1. The maximum absolute atomic E-state index is 8.98. The number of nitriles is 1. The number of rotatable bonds is 5. The zero-order chi connectivity index (χ0) is 19.1. The molecule has 0 radical (unpaired) electrons.